The number of fused-ring (bicyclic) bond motifs is 3. The van der Waals surface area contributed by atoms with Crippen molar-refractivity contribution in [1.29, 1.82) is 0 Å². The minimum Gasteiger partial charge on any atom is -0.444 e. The normalized spacial score (nSPS) is 14.6. The molecule has 9 heteroatoms. The molecule has 0 unspecified atom stereocenters. The molecule has 0 spiro atoms. The van der Waals surface area contributed by atoms with Crippen molar-refractivity contribution in [1.82, 2.24) is 19.4 Å². The fourth-order valence-electron chi connectivity index (χ4n) is 3.47. The molecule has 1 aromatic carbocycles. The number of hydrogen-bond donors (Lipinski definition) is 0. The summed E-state index contributed by atoms with van der Waals surface area (Å²) in [6.45, 7) is 7.07. The number of imidazole rings is 1. The maximum absolute atomic E-state index is 12.4. The minimum atomic E-state index is -3.38. The quantitative estimate of drug-likeness (QED) is 0.622. The maximum Gasteiger partial charge on any atom is 0.410 e. The molecule has 1 aliphatic heterocycles. The van der Waals surface area contributed by atoms with Crippen LogP contribution in [0, 0.1) is 0 Å². The van der Waals surface area contributed by atoms with Crippen molar-refractivity contribution in [3.8, 4) is 11.1 Å². The van der Waals surface area contributed by atoms with Gasteiger partial charge in [-0.15, -0.1) is 0 Å². The number of aromatic nitrogens is 3. The summed E-state index contributed by atoms with van der Waals surface area (Å²) in [5.74, 6) is 0.797. The summed E-state index contributed by atoms with van der Waals surface area (Å²) in [6, 6.07) is 9.18. The molecule has 158 valence electrons. The van der Waals surface area contributed by atoms with Crippen molar-refractivity contribution in [2.75, 3.05) is 12.8 Å². The van der Waals surface area contributed by atoms with Crippen LogP contribution < -0.4 is 0 Å². The lowest BCUT2D eigenvalue weighted by atomic mass is 10.1. The Balaban J connectivity index is 1.66. The highest BCUT2D eigenvalue weighted by Crippen LogP contribution is 2.28. The van der Waals surface area contributed by atoms with Crippen LogP contribution in [-0.2, 0) is 27.7 Å². The van der Waals surface area contributed by atoms with Crippen molar-refractivity contribution >= 4 is 27.0 Å². The Morgan fingerprint density at radius 2 is 1.83 bits per heavy atom. The summed E-state index contributed by atoms with van der Waals surface area (Å²) in [7, 11) is -3.38. The van der Waals surface area contributed by atoms with E-state index in [0.29, 0.717) is 19.6 Å². The van der Waals surface area contributed by atoms with E-state index in [1.165, 1.54) is 6.20 Å². The molecule has 0 bridgehead atoms. The molecule has 0 saturated heterocycles. The molecule has 4 rings (SSSR count). The van der Waals surface area contributed by atoms with Crippen molar-refractivity contribution in [3.05, 3.63) is 42.4 Å². The summed E-state index contributed by atoms with van der Waals surface area (Å²) in [5, 5.41) is 0.0448. The Hall–Kier alpha value is -2.94. The second-order valence-corrected chi connectivity index (χ2v) is 10.4. The monoisotopic (exact) mass is 428 g/mol. The van der Waals surface area contributed by atoms with Gasteiger partial charge in [0.25, 0.3) is 0 Å². The molecule has 0 atom stereocenters. The number of carbonyl (C=O) groups is 1. The van der Waals surface area contributed by atoms with Gasteiger partial charge in [-0.1, -0.05) is 6.07 Å². The van der Waals surface area contributed by atoms with E-state index < -0.39 is 15.4 Å². The van der Waals surface area contributed by atoms with E-state index in [2.05, 4.69) is 14.5 Å². The molecular formula is C21H24N4O4S. The zero-order valence-electron chi connectivity index (χ0n) is 17.4. The van der Waals surface area contributed by atoms with Gasteiger partial charge in [0, 0.05) is 25.5 Å². The predicted octanol–water partition coefficient (Wildman–Crippen LogP) is 3.25. The first-order valence-electron chi connectivity index (χ1n) is 9.65. The van der Waals surface area contributed by atoms with Crippen LogP contribution in [0.3, 0.4) is 0 Å². The molecule has 0 N–H and O–H groups in total. The van der Waals surface area contributed by atoms with Crippen molar-refractivity contribution in [2.45, 2.75) is 44.5 Å². The zero-order valence-corrected chi connectivity index (χ0v) is 18.2. The van der Waals surface area contributed by atoms with Gasteiger partial charge in [0.15, 0.2) is 14.9 Å². The fourth-order valence-corrected chi connectivity index (χ4v) is 4.06. The van der Waals surface area contributed by atoms with Crippen LogP contribution >= 0.6 is 0 Å². The van der Waals surface area contributed by atoms with Gasteiger partial charge < -0.3 is 9.30 Å². The predicted molar refractivity (Wildman–Crippen MR) is 113 cm³/mol. The molecule has 1 aliphatic rings. The molecule has 0 saturated carbocycles. The first-order valence-corrected chi connectivity index (χ1v) is 11.5. The molecule has 0 fully saturated rings. The van der Waals surface area contributed by atoms with Gasteiger partial charge in [0.2, 0.25) is 0 Å². The minimum absolute atomic E-state index is 0.0448. The molecule has 8 nitrogen and oxygen atoms in total. The highest BCUT2D eigenvalue weighted by atomic mass is 32.2. The smallest absolute Gasteiger partial charge is 0.410 e. The highest BCUT2D eigenvalue weighted by Gasteiger charge is 2.27. The topological polar surface area (TPSA) is 94.4 Å². The molecule has 30 heavy (non-hydrogen) atoms. The summed E-state index contributed by atoms with van der Waals surface area (Å²) < 4.78 is 31.2. The number of rotatable bonds is 2. The van der Waals surface area contributed by atoms with Crippen LogP contribution in [0.1, 0.15) is 26.6 Å². The number of hydrogen-bond acceptors (Lipinski definition) is 6. The third-order valence-electron chi connectivity index (χ3n) is 4.85. The lowest BCUT2D eigenvalue weighted by Gasteiger charge is -2.30. The Morgan fingerprint density at radius 1 is 1.10 bits per heavy atom. The SMILES string of the molecule is CC(C)(C)OC(=O)N1CCn2c(nc3ccc(-c4ccnc(S(C)(=O)=O)c4)cc32)C1. The summed E-state index contributed by atoms with van der Waals surface area (Å²) >= 11 is 0. The molecule has 0 aliphatic carbocycles. The number of pyridine rings is 1. The van der Waals surface area contributed by atoms with Gasteiger partial charge in [-0.2, -0.15) is 0 Å². The zero-order chi connectivity index (χ0) is 21.7. The van der Waals surface area contributed by atoms with Gasteiger partial charge in [-0.05, 0) is 56.2 Å². The standard InChI is InChI=1S/C21H24N4O4S/c1-21(2,3)29-20(26)24-9-10-25-17-11-14(5-6-16(17)23-18(25)13-24)15-7-8-22-19(12-15)30(4,27)28/h5-8,11-12H,9-10,13H2,1-4H3. The van der Waals surface area contributed by atoms with Crippen molar-refractivity contribution < 1.29 is 17.9 Å². The van der Waals surface area contributed by atoms with Gasteiger partial charge in [-0.3, -0.25) is 4.90 Å². The van der Waals surface area contributed by atoms with E-state index in [-0.39, 0.29) is 11.1 Å². The van der Waals surface area contributed by atoms with E-state index in [0.717, 1.165) is 34.2 Å². The van der Waals surface area contributed by atoms with Gasteiger partial charge in [-0.25, -0.2) is 23.2 Å². The molecule has 3 aromatic rings. The van der Waals surface area contributed by atoms with Crippen molar-refractivity contribution in [2.24, 2.45) is 0 Å². The Labute approximate surface area is 175 Å². The number of nitrogens with zero attached hydrogens (tertiary/aromatic N) is 4. The van der Waals surface area contributed by atoms with Crippen LogP contribution in [0.25, 0.3) is 22.2 Å². The number of benzene rings is 1. The molecular weight excluding hydrogens is 404 g/mol. The average Bonchev–Trinajstić information content (AvgIpc) is 3.03. The Morgan fingerprint density at radius 3 is 2.53 bits per heavy atom. The first kappa shape index (κ1) is 20.3. The second kappa shape index (κ2) is 7.09. The highest BCUT2D eigenvalue weighted by molar-refractivity contribution is 7.90. The summed E-state index contributed by atoms with van der Waals surface area (Å²) in [6.07, 6.45) is 2.30. The first-order chi connectivity index (χ1) is 14.0. The van der Waals surface area contributed by atoms with Crippen LogP contribution in [-0.4, -0.2) is 52.3 Å². The third-order valence-corrected chi connectivity index (χ3v) is 5.84. The van der Waals surface area contributed by atoms with E-state index in [4.69, 9.17) is 4.74 Å². The summed E-state index contributed by atoms with van der Waals surface area (Å²) in [5.41, 5.74) is 2.89. The maximum atomic E-state index is 12.4. The van der Waals surface area contributed by atoms with Gasteiger partial charge in [0.1, 0.15) is 11.4 Å². The van der Waals surface area contributed by atoms with E-state index in [1.54, 1.807) is 17.0 Å². The van der Waals surface area contributed by atoms with Gasteiger partial charge in [0.05, 0.1) is 17.6 Å². The van der Waals surface area contributed by atoms with Crippen LogP contribution in [0.15, 0.2) is 41.6 Å². The number of amides is 1. The lowest BCUT2D eigenvalue weighted by molar-refractivity contribution is 0.0196. The van der Waals surface area contributed by atoms with E-state index in [1.807, 2.05) is 39.0 Å². The number of sulfone groups is 1. The largest absolute Gasteiger partial charge is 0.444 e. The van der Waals surface area contributed by atoms with Crippen molar-refractivity contribution in [3.63, 3.8) is 0 Å². The third kappa shape index (κ3) is 4.02. The van der Waals surface area contributed by atoms with Crippen LogP contribution in [0.2, 0.25) is 0 Å². The Bertz CT molecular complexity index is 1240. The van der Waals surface area contributed by atoms with E-state index in [9.17, 15) is 13.2 Å². The molecule has 1 amide bonds. The van der Waals surface area contributed by atoms with Gasteiger partial charge >= 0.3 is 6.09 Å². The molecule has 0 radical (unpaired) electrons. The molecule has 2 aromatic heterocycles. The number of ether oxygens (including phenoxy) is 1. The van der Waals surface area contributed by atoms with Crippen LogP contribution in [0.5, 0.6) is 0 Å². The van der Waals surface area contributed by atoms with E-state index >= 15 is 0 Å². The second-order valence-electron chi connectivity index (χ2n) is 8.44. The average molecular weight is 429 g/mol. The molecule has 3 heterocycles. The lowest BCUT2D eigenvalue weighted by Crippen LogP contribution is -2.41. The van der Waals surface area contributed by atoms with Crippen LogP contribution in [0.4, 0.5) is 4.79 Å². The summed E-state index contributed by atoms with van der Waals surface area (Å²) in [4.78, 5) is 22.7. The Kier molecular flexibility index (Phi) is 4.80. The fraction of sp³-hybridized carbons (Fsp3) is 0.381. The number of carbonyl (C=O) groups excluding carboxylic acids is 1.